The molecular weight excluding hydrogens is 298 g/mol. The molecule has 1 aromatic rings. The second-order valence-corrected chi connectivity index (χ2v) is 6.10. The molecule has 0 spiro atoms. The quantitative estimate of drug-likeness (QED) is 0.533. The van der Waals surface area contributed by atoms with Crippen molar-refractivity contribution in [3.63, 3.8) is 0 Å². The fourth-order valence-electron chi connectivity index (χ4n) is 1.70. The predicted molar refractivity (Wildman–Crippen MR) is 77.1 cm³/mol. The molecule has 0 N–H and O–H groups in total. The van der Waals surface area contributed by atoms with E-state index in [2.05, 4.69) is 0 Å². The van der Waals surface area contributed by atoms with Crippen LogP contribution in [-0.2, 0) is 18.3 Å². The van der Waals surface area contributed by atoms with Gasteiger partial charge in [0.25, 0.3) is 0 Å². The van der Waals surface area contributed by atoms with Crippen molar-refractivity contribution in [3.8, 4) is 0 Å². The molecule has 1 atom stereocenters. The van der Waals surface area contributed by atoms with Gasteiger partial charge in [-0.2, -0.15) is 0 Å². The Morgan fingerprint density at radius 1 is 1.10 bits per heavy atom. The molecule has 21 heavy (non-hydrogen) atoms. The molecule has 118 valence electrons. The van der Waals surface area contributed by atoms with Gasteiger partial charge in [0.2, 0.25) is 5.91 Å². The highest BCUT2D eigenvalue weighted by Gasteiger charge is 2.37. The second-order valence-electron chi connectivity index (χ2n) is 4.05. The van der Waals surface area contributed by atoms with Crippen LogP contribution in [0.4, 0.5) is 4.39 Å². The van der Waals surface area contributed by atoms with E-state index < -0.39 is 19.5 Å². The molecule has 1 aromatic carbocycles. The van der Waals surface area contributed by atoms with Crippen LogP contribution in [0.25, 0.3) is 0 Å². The van der Waals surface area contributed by atoms with E-state index in [1.165, 1.54) is 24.3 Å². The summed E-state index contributed by atoms with van der Waals surface area (Å²) in [5, 5.41) is 0. The Hall–Kier alpha value is -1.23. The maximum atomic E-state index is 14.4. The summed E-state index contributed by atoms with van der Waals surface area (Å²) in [6.07, 6.45) is 0. The number of carbonyl (C=O) groups is 1. The minimum atomic E-state index is -3.87. The van der Waals surface area contributed by atoms with Crippen molar-refractivity contribution in [2.45, 2.75) is 26.7 Å². The average molecular weight is 318 g/mol. The lowest BCUT2D eigenvalue weighted by molar-refractivity contribution is 0.0526. The molecule has 0 saturated heterocycles. The number of carbonyl (C=O) groups excluding carboxylic acids is 1. The number of hydrogen-bond donors (Lipinski definition) is 0. The Labute approximate surface area is 123 Å². The maximum absolute atomic E-state index is 14.4. The summed E-state index contributed by atoms with van der Waals surface area (Å²) in [6, 6.07) is 5.59. The predicted octanol–water partition coefficient (Wildman–Crippen LogP) is 4.10. The zero-order chi connectivity index (χ0) is 15.9. The Morgan fingerprint density at radius 2 is 1.62 bits per heavy atom. The Morgan fingerprint density at radius 3 is 2.05 bits per heavy atom. The van der Waals surface area contributed by atoms with Crippen molar-refractivity contribution in [3.05, 3.63) is 35.4 Å². The molecule has 7 heteroatoms. The average Bonchev–Trinajstić information content (AvgIpc) is 2.47. The van der Waals surface area contributed by atoms with Crippen LogP contribution in [0.2, 0.25) is 0 Å². The molecule has 0 fully saturated rings. The van der Waals surface area contributed by atoms with Gasteiger partial charge in [0, 0.05) is 0 Å². The van der Waals surface area contributed by atoms with E-state index in [1.807, 2.05) is 0 Å². The van der Waals surface area contributed by atoms with Gasteiger partial charge in [-0.15, -0.1) is 0 Å². The van der Waals surface area contributed by atoms with Crippen LogP contribution >= 0.6 is 7.60 Å². The van der Waals surface area contributed by atoms with E-state index >= 15 is 0 Å². The zero-order valence-corrected chi connectivity index (χ0v) is 13.3. The molecule has 5 nitrogen and oxygen atoms in total. The topological polar surface area (TPSA) is 61.8 Å². The highest BCUT2D eigenvalue weighted by Crippen LogP contribution is 2.61. The fourth-order valence-corrected chi connectivity index (χ4v) is 3.30. The first-order valence-corrected chi connectivity index (χ1v) is 8.39. The third kappa shape index (κ3) is 4.63. The summed E-state index contributed by atoms with van der Waals surface area (Å²) in [4.78, 5) is 11.5. The minimum Gasteiger partial charge on any atom is -0.462 e. The third-order valence-corrected chi connectivity index (χ3v) is 4.68. The fraction of sp³-hybridized carbons (Fsp3) is 0.500. The van der Waals surface area contributed by atoms with Crippen molar-refractivity contribution in [2.24, 2.45) is 0 Å². The van der Waals surface area contributed by atoms with E-state index in [-0.39, 0.29) is 25.4 Å². The first kappa shape index (κ1) is 17.8. The van der Waals surface area contributed by atoms with Gasteiger partial charge in [-0.1, -0.05) is 12.1 Å². The molecule has 0 heterocycles. The number of rotatable bonds is 8. The summed E-state index contributed by atoms with van der Waals surface area (Å²) < 4.78 is 41.5. The van der Waals surface area contributed by atoms with Crippen LogP contribution in [0.15, 0.2) is 24.3 Å². The van der Waals surface area contributed by atoms with Crippen LogP contribution < -0.4 is 0 Å². The number of alkyl halides is 1. The van der Waals surface area contributed by atoms with Crippen molar-refractivity contribution in [1.82, 2.24) is 0 Å². The second kappa shape index (κ2) is 8.27. The number of hydrogen-bond acceptors (Lipinski definition) is 5. The number of halogens is 1. The molecule has 0 aliphatic carbocycles. The van der Waals surface area contributed by atoms with Crippen molar-refractivity contribution < 1.29 is 27.5 Å². The van der Waals surface area contributed by atoms with Gasteiger partial charge >= 0.3 is 13.6 Å². The Kier molecular flexibility index (Phi) is 7.02. The Balaban J connectivity index is 2.94. The van der Waals surface area contributed by atoms with Crippen LogP contribution in [0.1, 0.15) is 42.6 Å². The number of esters is 1. The summed E-state index contributed by atoms with van der Waals surface area (Å²) in [6.45, 7) is 5.35. The smallest absolute Gasteiger partial charge is 0.369 e. The van der Waals surface area contributed by atoms with Gasteiger partial charge in [0.15, 0.2) is 0 Å². The summed E-state index contributed by atoms with van der Waals surface area (Å²) in [5.74, 6) is -2.38. The van der Waals surface area contributed by atoms with Crippen LogP contribution in [0, 0.1) is 0 Å². The van der Waals surface area contributed by atoms with Crippen LogP contribution in [-0.4, -0.2) is 25.8 Å². The van der Waals surface area contributed by atoms with Gasteiger partial charge in [0.1, 0.15) is 0 Å². The number of ether oxygens (including phenoxy) is 1. The lowest BCUT2D eigenvalue weighted by atomic mass is 10.1. The molecular formula is C14H20FO5P. The largest absolute Gasteiger partial charge is 0.462 e. The van der Waals surface area contributed by atoms with Gasteiger partial charge in [0.05, 0.1) is 25.4 Å². The molecule has 0 aliphatic heterocycles. The minimum absolute atomic E-state index is 0.0820. The summed E-state index contributed by atoms with van der Waals surface area (Å²) in [7, 11) is -3.87. The molecule has 0 aliphatic rings. The SMILES string of the molecule is CCOC(=O)c1ccc([C@@H](F)P(=O)(OCC)OCC)cc1. The lowest BCUT2D eigenvalue weighted by Gasteiger charge is -2.20. The first-order valence-electron chi connectivity index (χ1n) is 6.78. The van der Waals surface area contributed by atoms with Gasteiger partial charge in [-0.3, -0.25) is 4.57 Å². The molecule has 0 saturated carbocycles. The van der Waals surface area contributed by atoms with Gasteiger partial charge < -0.3 is 13.8 Å². The molecule has 0 amide bonds. The van der Waals surface area contributed by atoms with E-state index in [4.69, 9.17) is 13.8 Å². The standard InChI is InChI=1S/C14H20FO5P/c1-4-18-14(16)12-9-7-11(8-10-12)13(15)21(17,19-5-2)20-6-3/h7-10,13H,4-6H2,1-3H3/t13-/m0/s1. The van der Waals surface area contributed by atoms with Crippen molar-refractivity contribution >= 4 is 13.6 Å². The Bertz CT molecular complexity index is 493. The number of benzene rings is 1. The monoisotopic (exact) mass is 318 g/mol. The molecule has 0 unspecified atom stereocenters. The summed E-state index contributed by atoms with van der Waals surface area (Å²) in [5.41, 5.74) is 0.434. The summed E-state index contributed by atoms with van der Waals surface area (Å²) >= 11 is 0. The zero-order valence-electron chi connectivity index (χ0n) is 12.4. The van der Waals surface area contributed by atoms with Crippen molar-refractivity contribution in [1.29, 1.82) is 0 Å². The van der Waals surface area contributed by atoms with Gasteiger partial charge in [-0.05, 0) is 38.5 Å². The highest BCUT2D eigenvalue weighted by atomic mass is 31.2. The normalized spacial score (nSPS) is 13.0. The van der Waals surface area contributed by atoms with E-state index in [1.54, 1.807) is 20.8 Å². The molecule has 1 rings (SSSR count). The van der Waals surface area contributed by atoms with E-state index in [0.29, 0.717) is 5.56 Å². The first-order chi connectivity index (χ1) is 9.98. The molecule has 0 aromatic heterocycles. The maximum Gasteiger partial charge on any atom is 0.369 e. The third-order valence-electron chi connectivity index (χ3n) is 2.59. The van der Waals surface area contributed by atoms with Gasteiger partial charge in [-0.25, -0.2) is 9.18 Å². The molecule has 0 bridgehead atoms. The van der Waals surface area contributed by atoms with Crippen LogP contribution in [0.5, 0.6) is 0 Å². The van der Waals surface area contributed by atoms with Crippen LogP contribution in [0.3, 0.4) is 0 Å². The van der Waals surface area contributed by atoms with E-state index in [9.17, 15) is 13.8 Å². The molecule has 0 radical (unpaired) electrons. The van der Waals surface area contributed by atoms with Crippen molar-refractivity contribution in [2.75, 3.05) is 19.8 Å². The van der Waals surface area contributed by atoms with E-state index in [0.717, 1.165) is 0 Å². The lowest BCUT2D eigenvalue weighted by Crippen LogP contribution is -2.06. The highest BCUT2D eigenvalue weighted by molar-refractivity contribution is 7.54.